The first kappa shape index (κ1) is 16.5. The molecule has 1 aliphatic rings. The van der Waals surface area contributed by atoms with Crippen molar-refractivity contribution >= 4 is 11.7 Å². The molecule has 1 saturated heterocycles. The van der Waals surface area contributed by atoms with E-state index >= 15 is 0 Å². The molecule has 1 N–H and O–H groups in total. The van der Waals surface area contributed by atoms with E-state index < -0.39 is 0 Å². The molecule has 2 amide bonds. The van der Waals surface area contributed by atoms with E-state index in [9.17, 15) is 9.18 Å². The first-order valence-corrected chi connectivity index (χ1v) is 8.18. The highest BCUT2D eigenvalue weighted by molar-refractivity contribution is 5.89. The number of ether oxygens (including phenoxy) is 1. The number of urea groups is 1. The average Bonchev–Trinajstić information content (AvgIpc) is 2.56. The van der Waals surface area contributed by atoms with Gasteiger partial charge < -0.3 is 15.0 Å². The van der Waals surface area contributed by atoms with Crippen molar-refractivity contribution in [1.29, 1.82) is 0 Å². The topological polar surface area (TPSA) is 41.6 Å². The minimum absolute atomic E-state index is 0.111. The molecule has 0 spiro atoms. The van der Waals surface area contributed by atoms with E-state index in [4.69, 9.17) is 4.74 Å². The fourth-order valence-electron chi connectivity index (χ4n) is 2.62. The van der Waals surface area contributed by atoms with Crippen LogP contribution in [-0.4, -0.2) is 36.7 Å². The van der Waals surface area contributed by atoms with E-state index in [1.165, 1.54) is 17.7 Å². The second-order valence-corrected chi connectivity index (χ2v) is 5.92. The highest BCUT2D eigenvalue weighted by Crippen LogP contribution is 2.16. The average molecular weight is 328 g/mol. The Labute approximate surface area is 141 Å². The maximum atomic E-state index is 12.8. The van der Waals surface area contributed by atoms with Gasteiger partial charge >= 0.3 is 6.03 Å². The van der Waals surface area contributed by atoms with E-state index in [1.54, 1.807) is 17.0 Å². The number of hydrogen-bond acceptors (Lipinski definition) is 2. The molecule has 24 heavy (non-hydrogen) atoms. The lowest BCUT2D eigenvalue weighted by molar-refractivity contribution is -0.0337. The number of rotatable bonds is 6. The Hall–Kier alpha value is -2.40. The molecule has 1 aliphatic heterocycles. The molecule has 0 bridgehead atoms. The highest BCUT2D eigenvalue weighted by Gasteiger charge is 2.31. The Kier molecular flexibility index (Phi) is 5.43. The van der Waals surface area contributed by atoms with Crippen LogP contribution >= 0.6 is 0 Å². The summed E-state index contributed by atoms with van der Waals surface area (Å²) in [4.78, 5) is 13.7. The molecule has 0 saturated carbocycles. The Morgan fingerprint density at radius 3 is 2.54 bits per heavy atom. The molecule has 126 valence electrons. The van der Waals surface area contributed by atoms with Crippen LogP contribution in [0.3, 0.4) is 0 Å². The van der Waals surface area contributed by atoms with Crippen LogP contribution in [0, 0.1) is 5.82 Å². The summed E-state index contributed by atoms with van der Waals surface area (Å²) in [5.74, 6) is -0.319. The van der Waals surface area contributed by atoms with Crippen LogP contribution in [0.25, 0.3) is 0 Å². The second-order valence-electron chi connectivity index (χ2n) is 5.92. The van der Waals surface area contributed by atoms with Crippen LogP contribution in [-0.2, 0) is 11.2 Å². The van der Waals surface area contributed by atoms with Gasteiger partial charge in [0.1, 0.15) is 5.82 Å². The van der Waals surface area contributed by atoms with Crippen LogP contribution in [0.1, 0.15) is 12.0 Å². The van der Waals surface area contributed by atoms with E-state index in [0.29, 0.717) is 25.4 Å². The van der Waals surface area contributed by atoms with Gasteiger partial charge in [-0.3, -0.25) is 0 Å². The normalized spacial score (nSPS) is 14.3. The Balaban J connectivity index is 1.30. The van der Waals surface area contributed by atoms with Gasteiger partial charge in [-0.2, -0.15) is 0 Å². The van der Waals surface area contributed by atoms with E-state index in [-0.39, 0.29) is 18.0 Å². The zero-order valence-electron chi connectivity index (χ0n) is 13.5. The summed E-state index contributed by atoms with van der Waals surface area (Å²) in [7, 11) is 0. The van der Waals surface area contributed by atoms with E-state index in [1.807, 2.05) is 18.2 Å². The molecule has 4 nitrogen and oxygen atoms in total. The monoisotopic (exact) mass is 328 g/mol. The molecule has 0 aliphatic carbocycles. The van der Waals surface area contributed by atoms with Crippen LogP contribution in [0.2, 0.25) is 0 Å². The number of carbonyl (C=O) groups is 1. The Bertz CT molecular complexity index is 655. The number of aryl methyl sites for hydroxylation is 1. The van der Waals surface area contributed by atoms with Gasteiger partial charge in [-0.25, -0.2) is 9.18 Å². The van der Waals surface area contributed by atoms with Gasteiger partial charge in [0.15, 0.2) is 0 Å². The lowest BCUT2D eigenvalue weighted by Crippen LogP contribution is -2.56. The summed E-state index contributed by atoms with van der Waals surface area (Å²) in [5, 5.41) is 2.75. The standard InChI is InChI=1S/C19H21FN2O2/c20-16-8-10-17(11-9-16)21-19(23)22-13-18(14-22)24-12-4-7-15-5-2-1-3-6-15/h1-3,5-6,8-11,18H,4,7,12-14H2,(H,21,23). The number of hydrogen-bond donors (Lipinski definition) is 1. The number of nitrogens with zero attached hydrogens (tertiary/aromatic N) is 1. The molecule has 5 heteroatoms. The predicted octanol–water partition coefficient (Wildman–Crippen LogP) is 3.69. The van der Waals surface area contributed by atoms with Gasteiger partial charge in [-0.05, 0) is 42.7 Å². The van der Waals surface area contributed by atoms with Crippen molar-refractivity contribution in [3.8, 4) is 0 Å². The van der Waals surface area contributed by atoms with Crippen LogP contribution in [0.4, 0.5) is 14.9 Å². The van der Waals surface area contributed by atoms with Gasteiger partial charge in [0, 0.05) is 12.3 Å². The number of benzene rings is 2. The number of amides is 2. The van der Waals surface area contributed by atoms with E-state index in [2.05, 4.69) is 17.4 Å². The fraction of sp³-hybridized carbons (Fsp3) is 0.316. The third-order valence-electron chi connectivity index (χ3n) is 4.04. The quantitative estimate of drug-likeness (QED) is 0.822. The van der Waals surface area contributed by atoms with Gasteiger partial charge in [-0.1, -0.05) is 30.3 Å². The molecular formula is C19H21FN2O2. The molecule has 0 aromatic heterocycles. The van der Waals surface area contributed by atoms with Crippen molar-refractivity contribution in [3.05, 3.63) is 66.0 Å². The van der Waals surface area contributed by atoms with Crippen molar-refractivity contribution < 1.29 is 13.9 Å². The van der Waals surface area contributed by atoms with Gasteiger partial charge in [0.25, 0.3) is 0 Å². The molecule has 2 aromatic carbocycles. The van der Waals surface area contributed by atoms with Crippen molar-refractivity contribution in [2.24, 2.45) is 0 Å². The maximum Gasteiger partial charge on any atom is 0.322 e. The molecule has 1 fully saturated rings. The fourth-order valence-corrected chi connectivity index (χ4v) is 2.62. The smallest absolute Gasteiger partial charge is 0.322 e. The minimum atomic E-state index is -0.319. The predicted molar refractivity (Wildman–Crippen MR) is 91.5 cm³/mol. The SMILES string of the molecule is O=C(Nc1ccc(F)cc1)N1CC(OCCCc2ccccc2)C1. The summed E-state index contributed by atoms with van der Waals surface area (Å²) in [5.41, 5.74) is 1.91. The number of anilines is 1. The van der Waals surface area contributed by atoms with Crippen molar-refractivity contribution in [3.63, 3.8) is 0 Å². The van der Waals surface area contributed by atoms with Gasteiger partial charge in [-0.15, -0.1) is 0 Å². The lowest BCUT2D eigenvalue weighted by Gasteiger charge is -2.38. The lowest BCUT2D eigenvalue weighted by atomic mass is 10.1. The molecule has 0 unspecified atom stereocenters. The Morgan fingerprint density at radius 2 is 1.83 bits per heavy atom. The minimum Gasteiger partial charge on any atom is -0.375 e. The van der Waals surface area contributed by atoms with Gasteiger partial charge in [0.05, 0.1) is 19.2 Å². The van der Waals surface area contributed by atoms with Crippen molar-refractivity contribution in [1.82, 2.24) is 4.90 Å². The van der Waals surface area contributed by atoms with Crippen LogP contribution in [0.5, 0.6) is 0 Å². The van der Waals surface area contributed by atoms with Crippen molar-refractivity contribution in [2.45, 2.75) is 18.9 Å². The number of carbonyl (C=O) groups excluding carboxylic acids is 1. The third-order valence-corrected chi connectivity index (χ3v) is 4.04. The summed E-state index contributed by atoms with van der Waals surface area (Å²) < 4.78 is 18.6. The molecule has 0 atom stereocenters. The third kappa shape index (κ3) is 4.55. The summed E-state index contributed by atoms with van der Waals surface area (Å²) in [6, 6.07) is 15.9. The molecule has 1 heterocycles. The van der Waals surface area contributed by atoms with Crippen LogP contribution < -0.4 is 5.32 Å². The molecule has 0 radical (unpaired) electrons. The zero-order valence-corrected chi connectivity index (χ0v) is 13.5. The molecule has 3 rings (SSSR count). The first-order chi connectivity index (χ1) is 11.7. The summed E-state index contributed by atoms with van der Waals surface area (Å²) >= 11 is 0. The largest absolute Gasteiger partial charge is 0.375 e. The highest BCUT2D eigenvalue weighted by atomic mass is 19.1. The van der Waals surface area contributed by atoms with E-state index in [0.717, 1.165) is 12.8 Å². The second kappa shape index (κ2) is 7.93. The zero-order chi connectivity index (χ0) is 16.8. The Morgan fingerprint density at radius 1 is 1.12 bits per heavy atom. The number of nitrogens with one attached hydrogen (secondary N) is 1. The maximum absolute atomic E-state index is 12.8. The summed E-state index contributed by atoms with van der Waals surface area (Å²) in [6.07, 6.45) is 2.09. The van der Waals surface area contributed by atoms with Gasteiger partial charge in [0.2, 0.25) is 0 Å². The molecular weight excluding hydrogens is 307 g/mol. The summed E-state index contributed by atoms with van der Waals surface area (Å²) in [6.45, 7) is 1.89. The first-order valence-electron chi connectivity index (χ1n) is 8.18. The number of likely N-dealkylation sites (tertiary alicyclic amines) is 1. The number of halogens is 1. The van der Waals surface area contributed by atoms with Crippen LogP contribution in [0.15, 0.2) is 54.6 Å². The van der Waals surface area contributed by atoms with Crippen molar-refractivity contribution in [2.75, 3.05) is 25.0 Å². The molecule has 2 aromatic rings.